The Kier molecular flexibility index (Phi) is 4.19. The van der Waals surface area contributed by atoms with Crippen LogP contribution in [0.5, 0.6) is 0 Å². The zero-order valence-corrected chi connectivity index (χ0v) is 15.7. The van der Waals surface area contributed by atoms with Crippen LogP contribution in [0, 0.1) is 11.6 Å². The summed E-state index contributed by atoms with van der Waals surface area (Å²) in [5, 5.41) is 4.09. The molecule has 5 rings (SSSR count). The molecule has 0 spiro atoms. The molecule has 0 N–H and O–H groups in total. The molecule has 2 aliphatic rings. The van der Waals surface area contributed by atoms with Crippen LogP contribution in [0.1, 0.15) is 58.9 Å². The van der Waals surface area contributed by atoms with Crippen LogP contribution < -0.4 is 0 Å². The molecule has 1 aliphatic carbocycles. The zero-order valence-electron chi connectivity index (χ0n) is 15.7. The maximum Gasteiger partial charge on any atom is 0.254 e. The van der Waals surface area contributed by atoms with Crippen molar-refractivity contribution in [3.05, 3.63) is 82.5 Å². The Morgan fingerprint density at radius 2 is 1.76 bits per heavy atom. The molecule has 7 heteroatoms. The first kappa shape index (κ1) is 18.0. The summed E-state index contributed by atoms with van der Waals surface area (Å²) >= 11 is 0. The van der Waals surface area contributed by atoms with Crippen molar-refractivity contribution in [1.82, 2.24) is 15.0 Å². The Morgan fingerprint density at radius 1 is 1.03 bits per heavy atom. The molecular formula is C22H19F2N3O2. The van der Waals surface area contributed by atoms with E-state index in [2.05, 4.69) is 10.1 Å². The molecule has 0 bridgehead atoms. The average Bonchev–Trinajstić information content (AvgIpc) is 3.43. The minimum atomic E-state index is -0.935. The van der Waals surface area contributed by atoms with Gasteiger partial charge in [-0.25, -0.2) is 8.78 Å². The zero-order chi connectivity index (χ0) is 20.0. The van der Waals surface area contributed by atoms with E-state index in [1.165, 1.54) is 18.2 Å². The van der Waals surface area contributed by atoms with Gasteiger partial charge in [-0.1, -0.05) is 42.3 Å². The van der Waals surface area contributed by atoms with E-state index in [1.54, 1.807) is 11.0 Å². The lowest BCUT2D eigenvalue weighted by molar-refractivity contribution is 0.0748. The standard InChI is InChI=1S/C22H19F2N3O2/c23-16-8-5-9-17(24)19(16)22(10-3-4-11-22)21-25-18(29-26-21)13-27-12-14-6-1-2-7-15(14)20(27)28/h1-2,5-9H,3-4,10-13H2. The van der Waals surface area contributed by atoms with E-state index in [-0.39, 0.29) is 29.7 Å². The normalized spacial score (nSPS) is 17.7. The molecule has 0 unspecified atom stereocenters. The van der Waals surface area contributed by atoms with Crippen molar-refractivity contribution in [2.45, 2.75) is 44.2 Å². The lowest BCUT2D eigenvalue weighted by atomic mass is 9.77. The van der Waals surface area contributed by atoms with Gasteiger partial charge >= 0.3 is 0 Å². The third kappa shape index (κ3) is 2.84. The number of rotatable bonds is 4. The van der Waals surface area contributed by atoms with Crippen LogP contribution in [0.15, 0.2) is 47.0 Å². The molecule has 0 atom stereocenters. The predicted octanol–water partition coefficient (Wildman–Crippen LogP) is 4.36. The Balaban J connectivity index is 1.46. The van der Waals surface area contributed by atoms with Crippen LogP contribution in [0.4, 0.5) is 8.78 Å². The Bertz CT molecular complexity index is 1070. The lowest BCUT2D eigenvalue weighted by Crippen LogP contribution is -2.28. The topological polar surface area (TPSA) is 59.2 Å². The van der Waals surface area contributed by atoms with Crippen molar-refractivity contribution >= 4 is 5.91 Å². The van der Waals surface area contributed by atoms with Crippen molar-refractivity contribution in [1.29, 1.82) is 0 Å². The molecule has 0 radical (unpaired) electrons. The van der Waals surface area contributed by atoms with Gasteiger partial charge in [-0.05, 0) is 36.6 Å². The second-order valence-electron chi connectivity index (χ2n) is 7.72. The van der Waals surface area contributed by atoms with Gasteiger partial charge in [-0.2, -0.15) is 4.98 Å². The van der Waals surface area contributed by atoms with Crippen molar-refractivity contribution in [2.24, 2.45) is 0 Å². The van der Waals surface area contributed by atoms with Crippen LogP contribution in [0.2, 0.25) is 0 Å². The summed E-state index contributed by atoms with van der Waals surface area (Å²) in [6.45, 7) is 0.635. The second-order valence-corrected chi connectivity index (χ2v) is 7.72. The van der Waals surface area contributed by atoms with Gasteiger partial charge in [0.2, 0.25) is 5.89 Å². The van der Waals surface area contributed by atoms with Crippen LogP contribution in [0.25, 0.3) is 0 Å². The first-order valence-corrected chi connectivity index (χ1v) is 9.73. The molecule has 1 saturated carbocycles. The molecular weight excluding hydrogens is 376 g/mol. The third-order valence-corrected chi connectivity index (χ3v) is 6.02. The van der Waals surface area contributed by atoms with Gasteiger partial charge in [0.15, 0.2) is 5.82 Å². The van der Waals surface area contributed by atoms with Crippen LogP contribution in [-0.2, 0) is 18.5 Å². The number of carbonyl (C=O) groups excluding carboxylic acids is 1. The number of benzene rings is 2. The smallest absolute Gasteiger partial charge is 0.254 e. The van der Waals surface area contributed by atoms with Gasteiger partial charge in [0, 0.05) is 17.7 Å². The molecule has 1 amide bonds. The summed E-state index contributed by atoms with van der Waals surface area (Å²) in [4.78, 5) is 18.7. The van der Waals surface area contributed by atoms with Crippen LogP contribution in [-0.4, -0.2) is 20.9 Å². The molecule has 2 aromatic carbocycles. The number of aromatic nitrogens is 2. The van der Waals surface area contributed by atoms with Crippen molar-refractivity contribution in [3.8, 4) is 0 Å². The number of hydrogen-bond donors (Lipinski definition) is 0. The van der Waals surface area contributed by atoms with Crippen LogP contribution in [0.3, 0.4) is 0 Å². The summed E-state index contributed by atoms with van der Waals surface area (Å²) in [6.07, 6.45) is 2.77. The molecule has 29 heavy (non-hydrogen) atoms. The summed E-state index contributed by atoms with van der Waals surface area (Å²) in [5.74, 6) is -0.717. The fourth-order valence-corrected chi connectivity index (χ4v) is 4.64. The fourth-order valence-electron chi connectivity index (χ4n) is 4.64. The van der Waals surface area contributed by atoms with Crippen molar-refractivity contribution in [2.75, 3.05) is 0 Å². The Labute approximate surface area is 166 Å². The summed E-state index contributed by atoms with van der Waals surface area (Å²) in [5.41, 5.74) is 0.704. The number of fused-ring (bicyclic) bond motifs is 1. The van der Waals surface area contributed by atoms with Crippen LogP contribution >= 0.6 is 0 Å². The fraction of sp³-hybridized carbons (Fsp3) is 0.318. The maximum atomic E-state index is 14.6. The summed E-state index contributed by atoms with van der Waals surface area (Å²) in [7, 11) is 0. The van der Waals surface area contributed by atoms with E-state index in [0.29, 0.717) is 24.9 Å². The molecule has 2 heterocycles. The highest BCUT2D eigenvalue weighted by Crippen LogP contribution is 2.47. The molecule has 1 aliphatic heterocycles. The van der Waals surface area contributed by atoms with Gasteiger partial charge in [0.25, 0.3) is 5.91 Å². The number of halogens is 2. The SMILES string of the molecule is O=C1c2ccccc2CN1Cc1nc(C2(c3c(F)cccc3F)CCCC2)no1. The molecule has 0 saturated heterocycles. The van der Waals surface area contributed by atoms with Crippen molar-refractivity contribution in [3.63, 3.8) is 0 Å². The second kappa shape index (κ2) is 6.76. The molecule has 3 aromatic rings. The highest BCUT2D eigenvalue weighted by molar-refractivity contribution is 5.98. The summed E-state index contributed by atoms with van der Waals surface area (Å²) < 4.78 is 34.6. The molecule has 5 nitrogen and oxygen atoms in total. The van der Waals surface area contributed by atoms with Crippen molar-refractivity contribution < 1.29 is 18.1 Å². The van der Waals surface area contributed by atoms with E-state index in [1.807, 2.05) is 18.2 Å². The quantitative estimate of drug-likeness (QED) is 0.658. The highest BCUT2D eigenvalue weighted by Gasteiger charge is 2.45. The molecule has 1 fully saturated rings. The van der Waals surface area contributed by atoms with Gasteiger partial charge in [-0.3, -0.25) is 4.79 Å². The van der Waals surface area contributed by atoms with Gasteiger partial charge in [-0.15, -0.1) is 0 Å². The minimum Gasteiger partial charge on any atom is -0.337 e. The first-order chi connectivity index (χ1) is 14.1. The molecule has 1 aromatic heterocycles. The Hall–Kier alpha value is -3.09. The summed E-state index contributed by atoms with van der Waals surface area (Å²) in [6, 6.07) is 11.3. The largest absolute Gasteiger partial charge is 0.337 e. The van der Waals surface area contributed by atoms with E-state index in [0.717, 1.165) is 18.4 Å². The molecule has 148 valence electrons. The monoisotopic (exact) mass is 395 g/mol. The van der Waals surface area contributed by atoms with E-state index in [4.69, 9.17) is 4.52 Å². The van der Waals surface area contributed by atoms with Gasteiger partial charge in [0.05, 0.1) is 5.41 Å². The number of amides is 1. The number of nitrogens with zero attached hydrogens (tertiary/aromatic N) is 3. The van der Waals surface area contributed by atoms with E-state index in [9.17, 15) is 13.6 Å². The highest BCUT2D eigenvalue weighted by atomic mass is 19.1. The van der Waals surface area contributed by atoms with Gasteiger partial charge in [0.1, 0.15) is 18.2 Å². The van der Waals surface area contributed by atoms with E-state index < -0.39 is 17.0 Å². The third-order valence-electron chi connectivity index (χ3n) is 6.02. The van der Waals surface area contributed by atoms with Gasteiger partial charge < -0.3 is 9.42 Å². The Morgan fingerprint density at radius 3 is 2.48 bits per heavy atom. The lowest BCUT2D eigenvalue weighted by Gasteiger charge is -2.26. The number of carbonyl (C=O) groups is 1. The number of hydrogen-bond acceptors (Lipinski definition) is 4. The minimum absolute atomic E-state index is 0.00880. The predicted molar refractivity (Wildman–Crippen MR) is 99.9 cm³/mol. The maximum absolute atomic E-state index is 14.6. The van der Waals surface area contributed by atoms with E-state index >= 15 is 0 Å². The first-order valence-electron chi connectivity index (χ1n) is 9.73. The average molecular weight is 395 g/mol.